The average molecular weight is 355 g/mol. The minimum Gasteiger partial charge on any atom is -0.0950 e. The normalized spacial score (nSPS) is 13.5. The van der Waals surface area contributed by atoms with Crippen molar-refractivity contribution in [3.8, 4) is 5.30 Å². The molecule has 0 fully saturated rings. The van der Waals surface area contributed by atoms with E-state index >= 15 is 0 Å². The first-order valence-corrected chi connectivity index (χ1v) is 9.33. The molecule has 3 rings (SSSR count). The molecular weight excluding hydrogens is 334 g/mol. The zero-order valence-electron chi connectivity index (χ0n) is 12.9. The Morgan fingerprint density at radius 3 is 1.76 bits per heavy atom. The minimum absolute atomic E-state index is 0. The number of benzene rings is 1. The molecule has 1 radical (unpaired) electrons. The quantitative estimate of drug-likeness (QED) is 0.403. The van der Waals surface area contributed by atoms with E-state index in [4.69, 9.17) is 0 Å². The van der Waals surface area contributed by atoms with Crippen LogP contribution in [0.4, 0.5) is 0 Å². The zero-order chi connectivity index (χ0) is 14.5. The third-order valence-electron chi connectivity index (χ3n) is 3.50. The molecule has 0 atom stereocenters. The Morgan fingerprint density at radius 2 is 1.38 bits per heavy atom. The summed E-state index contributed by atoms with van der Waals surface area (Å²) < 4.78 is 0. The molecule has 0 spiro atoms. The van der Waals surface area contributed by atoms with E-state index in [1.165, 1.54) is 35.8 Å². The molecule has 3 heteroatoms. The number of aryl methyl sites for hydroxylation is 2. The van der Waals surface area contributed by atoms with Crippen LogP contribution in [0, 0.1) is 20.0 Å². The predicted molar refractivity (Wildman–Crippen MR) is 95.6 cm³/mol. The monoisotopic (exact) mass is 355 g/mol. The van der Waals surface area contributed by atoms with Gasteiger partial charge in [-0.15, -0.1) is 0 Å². The maximum atomic E-state index is 2.39. The number of hydrogen-bond acceptors (Lipinski definition) is 0. The summed E-state index contributed by atoms with van der Waals surface area (Å²) in [6, 6.07) is 10.7. The Morgan fingerprint density at radius 1 is 0.810 bits per heavy atom. The molecule has 0 bridgehead atoms. The van der Waals surface area contributed by atoms with E-state index in [1.807, 2.05) is 0 Å². The van der Waals surface area contributed by atoms with Crippen LogP contribution in [-0.2, 0) is 17.1 Å². The molecule has 1 aliphatic rings. The third-order valence-corrected chi connectivity index (χ3v) is 6.80. The zero-order valence-corrected chi connectivity index (χ0v) is 15.8. The molecule has 1 aromatic heterocycles. The second-order valence-electron chi connectivity index (χ2n) is 5.14. The van der Waals surface area contributed by atoms with Gasteiger partial charge < -0.3 is 0 Å². The number of allylic oxidation sites excluding steroid dienone is 2. The van der Waals surface area contributed by atoms with Gasteiger partial charge in [0.1, 0.15) is 0 Å². The fourth-order valence-corrected chi connectivity index (χ4v) is 4.93. The van der Waals surface area contributed by atoms with Crippen molar-refractivity contribution in [2.75, 3.05) is 0 Å². The predicted octanol–water partition coefficient (Wildman–Crippen LogP) is 6.52. The summed E-state index contributed by atoms with van der Waals surface area (Å²) in [5, 5.41) is 1.45. The average Bonchev–Trinajstić information content (AvgIpc) is 2.99. The molecule has 1 aromatic carbocycles. The van der Waals surface area contributed by atoms with E-state index in [9.17, 15) is 0 Å². The van der Waals surface area contributed by atoms with Gasteiger partial charge in [0, 0.05) is 23.2 Å². The first-order chi connectivity index (χ1) is 9.58. The molecule has 0 N–H and O–H groups in total. The van der Waals surface area contributed by atoms with Crippen molar-refractivity contribution < 1.29 is 17.1 Å². The molecule has 0 unspecified atom stereocenters. The largest absolute Gasteiger partial charge is 0.0950 e. The standard InChI is InChI=1S/C12H13P.C6H8P.Fe/c1-10-8-13(9-11(10)2)12-6-4-3-5-7-12;1-5-3-7-4-6(5)2;/h3-9H,1-2H3;3-4H,1-2H3;. The van der Waals surface area contributed by atoms with Gasteiger partial charge in [0.05, 0.1) is 0 Å². The van der Waals surface area contributed by atoms with Crippen LogP contribution < -0.4 is 0 Å². The van der Waals surface area contributed by atoms with Crippen molar-refractivity contribution in [3.63, 3.8) is 0 Å². The Balaban J connectivity index is 0.000000236. The summed E-state index contributed by atoms with van der Waals surface area (Å²) in [6.45, 7) is 8.67. The molecular formula is C18H21FeP2. The molecule has 0 saturated heterocycles. The van der Waals surface area contributed by atoms with Crippen LogP contribution in [-0.4, -0.2) is 5.80 Å². The van der Waals surface area contributed by atoms with E-state index in [0.29, 0.717) is 0 Å². The summed E-state index contributed by atoms with van der Waals surface area (Å²) in [5.74, 6) is 7.00. The summed E-state index contributed by atoms with van der Waals surface area (Å²) in [6.07, 6.45) is 2.22. The smallest absolute Gasteiger partial charge is 0.0363 e. The summed E-state index contributed by atoms with van der Waals surface area (Å²) in [4.78, 5) is 0. The van der Waals surface area contributed by atoms with Crippen molar-refractivity contribution >= 4 is 21.5 Å². The van der Waals surface area contributed by atoms with Crippen LogP contribution in [0.3, 0.4) is 0 Å². The van der Waals surface area contributed by atoms with Crippen LogP contribution in [0.5, 0.6) is 0 Å². The second-order valence-corrected chi connectivity index (χ2v) is 7.80. The van der Waals surface area contributed by atoms with Crippen molar-refractivity contribution in [1.29, 1.82) is 0 Å². The summed E-state index contributed by atoms with van der Waals surface area (Å²) >= 11 is 0. The fraction of sp³-hybridized carbons (Fsp3) is 0.222. The molecule has 1 aliphatic heterocycles. The second kappa shape index (κ2) is 8.77. The summed E-state index contributed by atoms with van der Waals surface area (Å²) in [7, 11) is 1.21. The molecule has 2 heterocycles. The third kappa shape index (κ3) is 5.28. The van der Waals surface area contributed by atoms with E-state index in [-0.39, 0.29) is 24.6 Å². The maximum Gasteiger partial charge on any atom is 0.0363 e. The van der Waals surface area contributed by atoms with Crippen LogP contribution in [0.1, 0.15) is 25.0 Å². The van der Waals surface area contributed by atoms with Crippen LogP contribution in [0.25, 0.3) is 5.30 Å². The molecule has 0 aliphatic carbocycles. The van der Waals surface area contributed by atoms with Crippen molar-refractivity contribution in [2.45, 2.75) is 27.7 Å². The topological polar surface area (TPSA) is 0 Å². The Bertz CT molecular complexity index is 617. The van der Waals surface area contributed by atoms with Gasteiger partial charge in [-0.3, -0.25) is 0 Å². The van der Waals surface area contributed by atoms with Crippen molar-refractivity contribution in [2.24, 2.45) is 0 Å². The van der Waals surface area contributed by atoms with Gasteiger partial charge in [-0.2, -0.15) is 0 Å². The van der Waals surface area contributed by atoms with E-state index in [0.717, 1.165) is 0 Å². The molecule has 0 saturated carbocycles. The van der Waals surface area contributed by atoms with Gasteiger partial charge in [0.15, 0.2) is 0 Å². The van der Waals surface area contributed by atoms with Gasteiger partial charge in [-0.25, -0.2) is 0 Å². The van der Waals surface area contributed by atoms with E-state index < -0.39 is 0 Å². The fourth-order valence-electron chi connectivity index (χ4n) is 1.87. The van der Waals surface area contributed by atoms with E-state index in [2.05, 4.69) is 81.6 Å². The van der Waals surface area contributed by atoms with E-state index in [1.54, 1.807) is 0 Å². The molecule has 0 amide bonds. The van der Waals surface area contributed by atoms with Crippen molar-refractivity contribution in [3.05, 3.63) is 70.4 Å². The first-order valence-electron chi connectivity index (χ1n) is 6.82. The van der Waals surface area contributed by atoms with Gasteiger partial charge in [-0.05, 0) is 67.1 Å². The molecule has 21 heavy (non-hydrogen) atoms. The minimum atomic E-state index is -0.143. The summed E-state index contributed by atoms with van der Waals surface area (Å²) in [5.41, 5.74) is 5.74. The molecule has 2 aromatic rings. The van der Waals surface area contributed by atoms with Crippen molar-refractivity contribution in [1.82, 2.24) is 0 Å². The van der Waals surface area contributed by atoms with Gasteiger partial charge in [-0.1, -0.05) is 51.6 Å². The van der Waals surface area contributed by atoms with Gasteiger partial charge in [0.25, 0.3) is 0 Å². The molecule has 0 nitrogen and oxygen atoms in total. The SMILES string of the molecule is CC1=C(C)C=P[CH]1.Cc1cp(-c2ccccc2)cc1C.[Fe]. The maximum absolute atomic E-state index is 2.39. The van der Waals surface area contributed by atoms with Crippen LogP contribution >= 0.6 is 15.7 Å². The van der Waals surface area contributed by atoms with Crippen LogP contribution in [0.2, 0.25) is 0 Å². The Labute approximate surface area is 142 Å². The number of hydrogen-bond donors (Lipinski definition) is 0. The number of rotatable bonds is 1. The van der Waals surface area contributed by atoms with Crippen LogP contribution in [0.15, 0.2) is 53.1 Å². The van der Waals surface area contributed by atoms with Gasteiger partial charge in [0.2, 0.25) is 0 Å². The molecule has 111 valence electrons. The Hall–Kier alpha value is -0.571. The van der Waals surface area contributed by atoms with Gasteiger partial charge >= 0.3 is 0 Å². The Kier molecular flexibility index (Phi) is 7.72. The first kappa shape index (κ1) is 18.5.